The van der Waals surface area contributed by atoms with Crippen LogP contribution in [-0.4, -0.2) is 398 Å². The number of benzene rings is 6. The van der Waals surface area contributed by atoms with E-state index in [4.69, 9.17) is 106 Å². The highest BCUT2D eigenvalue weighted by Crippen LogP contribution is 2.41. The zero-order chi connectivity index (χ0) is 103. The largest absolute Gasteiger partial charge is 0.507 e. The summed E-state index contributed by atoms with van der Waals surface area (Å²) in [4.78, 5) is 91.4. The van der Waals surface area contributed by atoms with Gasteiger partial charge in [-0.15, -0.1) is 70.6 Å². The first-order valence-corrected chi connectivity index (χ1v) is 49.5. The third-order valence-corrected chi connectivity index (χ3v) is 26.6. The molecule has 774 valence electrons. The van der Waals surface area contributed by atoms with Crippen LogP contribution in [0.3, 0.4) is 0 Å². The van der Waals surface area contributed by atoms with Crippen LogP contribution in [0.5, 0.6) is 69.0 Å². The molecule has 0 saturated heterocycles. The predicted molar refractivity (Wildman–Crippen MR) is 534 cm³/mol. The predicted octanol–water partition coefficient (Wildman–Crippen LogP) is 9.45. The lowest BCUT2D eigenvalue weighted by Gasteiger charge is -2.12. The Morgan fingerprint density at radius 3 is 0.596 bits per heavy atom. The standard InChI is InChI=1S/C18H25NO7S.C17H23NO7S.C16H21NO6S.C15H19NO6S.C14H17NO5S.C13H15NO5S/c1-18(17(21)22)12-27-16(19-18)14-4-3-13(11-15(14)20)26-10-9-25-8-7-24-6-5-23-2;1-22-4-5-23-6-7-24-8-9-25-12-2-3-13(15(19)10-12)16-18-14(11-26-16)17(20)21;1-16(15(19)20)10-24-14(17-16)12-4-3-11(9-13(12)18)23-8-7-22-6-5-21-2;1-20-4-5-21-6-7-22-10-2-3-11(13(17)8-10)14-16-12(9-23-14)15(18)19;1-14(13(17)18)8-21-12(15-14)10-4-3-9(7-11(10)16)20-6-5-19-2;1-18-4-5-19-8-2-3-9(11(15)6-8)12-14-10(7-20-12)13(16)17/h3-4,11,20H,5-10,12H2,1-2H3,(H,21,22);2-3,10,14,19H,4-9,11H2,1H3,(H,20,21);3-4,9,18H,5-8,10H2,1-2H3,(H,19,20);2-3,8,12,17H,4-7,9H2,1H3,(H,18,19);3-4,7,16H,5-6,8H2,1-2H3,(H,17,18);2-3,6,10,15H,4-5,7H2,1H3,(H,16,17)/t18-;14-;16-;12-;14-;10-/m111111/s1. The van der Waals surface area contributed by atoms with Crippen LogP contribution in [0, 0.1) is 0 Å². The van der Waals surface area contributed by atoms with Crippen molar-refractivity contribution in [3.63, 3.8) is 0 Å². The lowest BCUT2D eigenvalue weighted by molar-refractivity contribution is -0.142. The molecule has 0 spiro atoms. The van der Waals surface area contributed by atoms with Gasteiger partial charge in [0.15, 0.2) is 34.7 Å². The van der Waals surface area contributed by atoms with E-state index in [1.165, 1.54) is 107 Å². The summed E-state index contributed by atoms with van der Waals surface area (Å²) in [6.07, 6.45) is 0. The van der Waals surface area contributed by atoms with Gasteiger partial charge in [0.05, 0.1) is 119 Å². The number of aromatic hydroxyl groups is 6. The van der Waals surface area contributed by atoms with Crippen molar-refractivity contribution in [1.29, 1.82) is 0 Å². The molecular formula is C93H120N6O36S6. The molecule has 6 aromatic rings. The Morgan fingerprint density at radius 2 is 0.433 bits per heavy atom. The van der Waals surface area contributed by atoms with Gasteiger partial charge in [0.25, 0.3) is 0 Å². The second-order valence-corrected chi connectivity index (χ2v) is 36.4. The summed E-state index contributed by atoms with van der Waals surface area (Å²) >= 11 is 7.90. The number of carbonyl (C=O) groups is 6. The number of hydrogen-bond acceptors (Lipinski definition) is 42. The minimum absolute atomic E-state index is 0.000787. The molecular weight excluding hydrogens is 1970 g/mol. The van der Waals surface area contributed by atoms with E-state index < -0.39 is 70.6 Å². The van der Waals surface area contributed by atoms with Gasteiger partial charge in [-0.05, 0) is 93.6 Å². The van der Waals surface area contributed by atoms with Crippen molar-refractivity contribution < 1.29 is 175 Å². The van der Waals surface area contributed by atoms with Crippen molar-refractivity contribution in [3.05, 3.63) is 143 Å². The zero-order valence-corrected chi connectivity index (χ0v) is 84.0. The fourth-order valence-electron chi connectivity index (χ4n) is 11.6. The molecule has 6 aliphatic heterocycles. The lowest BCUT2D eigenvalue weighted by atomic mass is 10.1. The van der Waals surface area contributed by atoms with Gasteiger partial charge in [0.1, 0.15) is 139 Å². The van der Waals surface area contributed by atoms with Crippen LogP contribution in [0.25, 0.3) is 0 Å². The number of nitrogens with zero attached hydrogens (tertiary/aromatic N) is 6. The van der Waals surface area contributed by atoms with E-state index >= 15 is 0 Å². The molecule has 48 heteroatoms. The molecule has 6 aromatic carbocycles. The summed E-state index contributed by atoms with van der Waals surface area (Å²) in [5, 5.41) is 118. The van der Waals surface area contributed by atoms with Crippen LogP contribution in [0.4, 0.5) is 0 Å². The highest BCUT2D eigenvalue weighted by atomic mass is 32.2. The third kappa shape index (κ3) is 39.9. The molecule has 0 fully saturated rings. The number of rotatable bonds is 54. The summed E-state index contributed by atoms with van der Waals surface area (Å²) in [7, 11) is 9.62. The number of aliphatic imine (C=N–C) groups is 6. The van der Waals surface area contributed by atoms with Gasteiger partial charge < -0.3 is 147 Å². The molecule has 12 N–H and O–H groups in total. The van der Waals surface area contributed by atoms with Crippen LogP contribution in [0.15, 0.2) is 139 Å². The maximum Gasteiger partial charge on any atom is 0.332 e. The molecule has 42 nitrogen and oxygen atoms in total. The van der Waals surface area contributed by atoms with Gasteiger partial charge in [0.2, 0.25) is 0 Å². The van der Waals surface area contributed by atoms with Crippen molar-refractivity contribution in [3.8, 4) is 69.0 Å². The average molecular weight is 2090 g/mol. The number of phenolic OH excluding ortho intramolecular Hbond substituents is 6. The average Bonchev–Trinajstić information content (AvgIpc) is 1.66. The maximum absolute atomic E-state index is 11.3. The highest BCUT2D eigenvalue weighted by molar-refractivity contribution is 8.16. The minimum Gasteiger partial charge on any atom is -0.507 e. The first-order chi connectivity index (χ1) is 67.7. The highest BCUT2D eigenvalue weighted by Gasteiger charge is 2.42. The number of hydrogen-bond donors (Lipinski definition) is 12. The summed E-state index contributed by atoms with van der Waals surface area (Å²) in [6, 6.07) is 27.0. The van der Waals surface area contributed by atoms with E-state index in [-0.39, 0.29) is 34.5 Å². The number of carboxylic acid groups (broad SMARTS) is 6. The molecule has 0 amide bonds. The molecule has 0 unspecified atom stereocenters. The van der Waals surface area contributed by atoms with Crippen LogP contribution in [-0.2, 0) is 85.6 Å². The number of aliphatic carboxylic acids is 6. The Balaban J connectivity index is 0.000000230. The Kier molecular flexibility index (Phi) is 52.2. The number of carboxylic acids is 6. The first-order valence-electron chi connectivity index (χ1n) is 43.6. The van der Waals surface area contributed by atoms with Gasteiger partial charge in [-0.2, -0.15) is 0 Å². The monoisotopic (exact) mass is 2090 g/mol. The maximum atomic E-state index is 11.3. The fourth-order valence-corrected chi connectivity index (χ4v) is 18.4. The number of thioether (sulfide) groups is 6. The second kappa shape index (κ2) is 62.7. The summed E-state index contributed by atoms with van der Waals surface area (Å²) in [6.45, 7) is 15.6. The minimum atomic E-state index is -1.16. The van der Waals surface area contributed by atoms with Crippen LogP contribution < -0.4 is 28.4 Å². The molecule has 6 heterocycles. The molecule has 0 radical (unpaired) electrons. The second-order valence-electron chi connectivity index (χ2n) is 30.4. The third-order valence-electron chi connectivity index (χ3n) is 19.5. The molecule has 6 aliphatic rings. The number of ether oxygens (including phenoxy) is 18. The Hall–Kier alpha value is -10.6. The topological polar surface area (TPSA) is 585 Å². The van der Waals surface area contributed by atoms with Gasteiger partial charge >= 0.3 is 35.8 Å². The Morgan fingerprint density at radius 1 is 0.262 bits per heavy atom. The van der Waals surface area contributed by atoms with E-state index in [2.05, 4.69) is 30.0 Å². The van der Waals surface area contributed by atoms with Gasteiger partial charge in [-0.3, -0.25) is 30.0 Å². The molecule has 0 saturated carbocycles. The van der Waals surface area contributed by atoms with E-state index in [1.54, 1.807) is 136 Å². The van der Waals surface area contributed by atoms with E-state index in [0.29, 0.717) is 291 Å². The van der Waals surface area contributed by atoms with Crippen molar-refractivity contribution >= 4 is 137 Å². The SMILES string of the molecule is COCCOCCOCCOc1ccc(C2=N[C@@H](C(=O)O)CS2)c(O)c1.COCCOCCOCCOc1ccc(C2=N[C@@](C)(C(=O)O)CS2)c(O)c1.COCCOCCOc1ccc(C2=N[C@@H](C(=O)O)CS2)c(O)c1.COCCOCCOc1ccc(C2=N[C@@](C)(C(=O)O)CS2)c(O)c1.COCCOc1ccc(C2=N[C@@H](C(=O)O)CS2)c(O)c1.COCCOc1ccc(C2=N[C@@](C)(C(=O)O)CS2)c(O)c1. The fraction of sp³-hybridized carbons (Fsp3) is 0.484. The van der Waals surface area contributed by atoms with Gasteiger partial charge in [-0.25, -0.2) is 28.8 Å². The van der Waals surface area contributed by atoms with Crippen molar-refractivity contribution in [1.82, 2.24) is 0 Å². The van der Waals surface area contributed by atoms with E-state index in [1.807, 2.05) is 0 Å². The van der Waals surface area contributed by atoms with Gasteiger partial charge in [0, 0.05) is 147 Å². The van der Waals surface area contributed by atoms with Crippen LogP contribution in [0.2, 0.25) is 0 Å². The summed E-state index contributed by atoms with van der Waals surface area (Å²) in [5.74, 6) is -0.477. The zero-order valence-electron chi connectivity index (χ0n) is 79.1. The normalized spacial score (nSPS) is 18.6. The molecule has 0 aromatic heterocycles. The number of methoxy groups -OCH3 is 6. The van der Waals surface area contributed by atoms with E-state index in [9.17, 15) is 69.6 Å². The van der Waals surface area contributed by atoms with Gasteiger partial charge in [-0.1, -0.05) is 0 Å². The van der Waals surface area contributed by atoms with E-state index in [0.717, 1.165) is 0 Å². The molecule has 6 atom stereocenters. The Labute approximate surface area is 839 Å². The smallest absolute Gasteiger partial charge is 0.332 e. The quantitative estimate of drug-likeness (QED) is 0.0158. The van der Waals surface area contributed by atoms with Crippen LogP contribution in [0.1, 0.15) is 54.2 Å². The van der Waals surface area contributed by atoms with Crippen molar-refractivity contribution in [2.24, 2.45) is 30.0 Å². The summed E-state index contributed by atoms with van der Waals surface area (Å²) < 4.78 is 93.9. The molecule has 0 bridgehead atoms. The summed E-state index contributed by atoms with van der Waals surface area (Å²) in [5.41, 5.74) is -0.372. The van der Waals surface area contributed by atoms with Crippen LogP contribution >= 0.6 is 70.6 Å². The van der Waals surface area contributed by atoms with Crippen molar-refractivity contribution in [2.75, 3.05) is 236 Å². The molecule has 141 heavy (non-hydrogen) atoms. The lowest BCUT2D eigenvalue weighted by Crippen LogP contribution is -2.33. The molecule has 12 rings (SSSR count). The number of phenols is 6. The molecule has 0 aliphatic carbocycles. The Bertz CT molecular complexity index is 5210. The van der Waals surface area contributed by atoms with Crippen molar-refractivity contribution in [2.45, 2.75) is 55.5 Å². The first kappa shape index (κ1) is 117.